The van der Waals surface area contributed by atoms with Crippen LogP contribution < -0.4 is 5.32 Å². The molecule has 2 rings (SSSR count). The number of rotatable bonds is 2. The van der Waals surface area contributed by atoms with Gasteiger partial charge in [-0.3, -0.25) is 10.1 Å². The van der Waals surface area contributed by atoms with E-state index >= 15 is 0 Å². The molecule has 1 N–H and O–H groups in total. The van der Waals surface area contributed by atoms with Gasteiger partial charge < -0.3 is 10.2 Å². The molecule has 0 bridgehead atoms. The summed E-state index contributed by atoms with van der Waals surface area (Å²) in [5.74, 6) is 0.477. The van der Waals surface area contributed by atoms with E-state index in [9.17, 15) is 14.9 Å². The molecule has 1 fully saturated rings. The fraction of sp³-hybridized carbons (Fsp3) is 0.462. The van der Waals surface area contributed by atoms with Crippen molar-refractivity contribution in [2.45, 2.75) is 19.8 Å². The van der Waals surface area contributed by atoms with Gasteiger partial charge in [0, 0.05) is 19.2 Å². The molecular formula is C13H17N3O3. The molecule has 1 saturated heterocycles. The Morgan fingerprint density at radius 3 is 2.89 bits per heavy atom. The summed E-state index contributed by atoms with van der Waals surface area (Å²) in [6.45, 7) is 3.51. The topological polar surface area (TPSA) is 75.5 Å². The van der Waals surface area contributed by atoms with E-state index in [1.54, 1.807) is 23.1 Å². The molecule has 6 nitrogen and oxygen atoms in total. The molecule has 0 radical (unpaired) electrons. The van der Waals surface area contributed by atoms with E-state index in [1.807, 2.05) is 0 Å². The average Bonchev–Trinajstić information content (AvgIpc) is 2.39. The van der Waals surface area contributed by atoms with Crippen LogP contribution >= 0.6 is 0 Å². The summed E-state index contributed by atoms with van der Waals surface area (Å²) in [4.78, 5) is 24.2. The Bertz CT molecular complexity index is 490. The highest BCUT2D eigenvalue weighted by Crippen LogP contribution is 2.24. The number of para-hydroxylation sites is 2. The Kier molecular flexibility index (Phi) is 3.99. The summed E-state index contributed by atoms with van der Waals surface area (Å²) in [6.07, 6.45) is 2.10. The molecule has 102 valence electrons. The number of carbonyl (C=O) groups excluding carboxylic acids is 1. The van der Waals surface area contributed by atoms with Gasteiger partial charge in [-0.2, -0.15) is 0 Å². The maximum absolute atomic E-state index is 12.1. The largest absolute Gasteiger partial charge is 0.324 e. The number of urea groups is 1. The highest BCUT2D eigenvalue weighted by atomic mass is 16.6. The maximum Gasteiger partial charge on any atom is 0.322 e. The smallest absolute Gasteiger partial charge is 0.322 e. The van der Waals surface area contributed by atoms with Gasteiger partial charge in [0.2, 0.25) is 0 Å². The number of nitro groups is 1. The molecule has 1 aliphatic heterocycles. The summed E-state index contributed by atoms with van der Waals surface area (Å²) in [5, 5.41) is 13.5. The molecule has 1 unspecified atom stereocenters. The van der Waals surface area contributed by atoms with E-state index in [0.717, 1.165) is 12.8 Å². The zero-order chi connectivity index (χ0) is 13.8. The van der Waals surface area contributed by atoms with E-state index in [1.165, 1.54) is 6.07 Å². The monoisotopic (exact) mass is 263 g/mol. The zero-order valence-electron chi connectivity index (χ0n) is 10.8. The zero-order valence-corrected chi connectivity index (χ0v) is 10.8. The molecule has 1 heterocycles. The van der Waals surface area contributed by atoms with Crippen molar-refractivity contribution < 1.29 is 9.72 Å². The van der Waals surface area contributed by atoms with Crippen LogP contribution in [0.2, 0.25) is 0 Å². The van der Waals surface area contributed by atoms with Gasteiger partial charge in [0.25, 0.3) is 5.69 Å². The van der Waals surface area contributed by atoms with Crippen LogP contribution in [0.25, 0.3) is 0 Å². The van der Waals surface area contributed by atoms with Crippen LogP contribution in [0.3, 0.4) is 0 Å². The Morgan fingerprint density at radius 2 is 2.21 bits per heavy atom. The fourth-order valence-corrected chi connectivity index (χ4v) is 2.31. The molecule has 1 atom stereocenters. The van der Waals surface area contributed by atoms with Crippen molar-refractivity contribution in [2.24, 2.45) is 5.92 Å². The molecule has 1 aromatic rings. The number of nitrogens with zero attached hydrogens (tertiary/aromatic N) is 2. The minimum atomic E-state index is -0.492. The van der Waals surface area contributed by atoms with Crippen LogP contribution in [0, 0.1) is 16.0 Å². The summed E-state index contributed by atoms with van der Waals surface area (Å²) < 4.78 is 0. The molecule has 2 amide bonds. The predicted octanol–water partition coefficient (Wildman–Crippen LogP) is 2.86. The minimum Gasteiger partial charge on any atom is -0.324 e. The molecule has 0 aromatic heterocycles. The third kappa shape index (κ3) is 3.21. The molecule has 0 saturated carbocycles. The standard InChI is InChI=1S/C13H17N3O3/c1-10-5-4-8-15(9-10)13(17)14-11-6-2-3-7-12(11)16(18)19/h2-3,6-7,10H,4-5,8-9H2,1H3,(H,14,17). The first-order valence-electron chi connectivity index (χ1n) is 6.37. The molecule has 19 heavy (non-hydrogen) atoms. The number of carbonyl (C=O) groups is 1. The first-order chi connectivity index (χ1) is 9.08. The van der Waals surface area contributed by atoms with Crippen LogP contribution in [0.5, 0.6) is 0 Å². The van der Waals surface area contributed by atoms with Crippen molar-refractivity contribution in [3.63, 3.8) is 0 Å². The highest BCUT2D eigenvalue weighted by molar-refractivity contribution is 5.91. The fourth-order valence-electron chi connectivity index (χ4n) is 2.31. The summed E-state index contributed by atoms with van der Waals surface area (Å²) in [7, 11) is 0. The Balaban J connectivity index is 2.08. The van der Waals surface area contributed by atoms with Crippen molar-refractivity contribution in [1.29, 1.82) is 0 Å². The third-order valence-electron chi connectivity index (χ3n) is 3.29. The van der Waals surface area contributed by atoms with Gasteiger partial charge in [-0.1, -0.05) is 19.1 Å². The average molecular weight is 263 g/mol. The number of hydrogen-bond acceptors (Lipinski definition) is 3. The second kappa shape index (κ2) is 5.69. The Labute approximate surface area is 111 Å². The molecule has 0 aliphatic carbocycles. The van der Waals surface area contributed by atoms with Crippen molar-refractivity contribution >= 4 is 17.4 Å². The molecule has 1 aliphatic rings. The number of anilines is 1. The van der Waals surface area contributed by atoms with Crippen LogP contribution in [-0.4, -0.2) is 28.9 Å². The van der Waals surface area contributed by atoms with Crippen LogP contribution in [0.4, 0.5) is 16.2 Å². The number of nitrogens with one attached hydrogen (secondary N) is 1. The molecule has 1 aromatic carbocycles. The highest BCUT2D eigenvalue weighted by Gasteiger charge is 2.23. The van der Waals surface area contributed by atoms with Crippen LogP contribution in [0.15, 0.2) is 24.3 Å². The van der Waals surface area contributed by atoms with Gasteiger partial charge in [-0.05, 0) is 24.8 Å². The van der Waals surface area contributed by atoms with Crippen molar-refractivity contribution in [2.75, 3.05) is 18.4 Å². The summed E-state index contributed by atoms with van der Waals surface area (Å²) in [5.41, 5.74) is 0.164. The van der Waals surface area contributed by atoms with Gasteiger partial charge in [0.15, 0.2) is 0 Å². The Hall–Kier alpha value is -2.11. The van der Waals surface area contributed by atoms with E-state index in [0.29, 0.717) is 19.0 Å². The summed E-state index contributed by atoms with van der Waals surface area (Å²) in [6, 6.07) is 5.91. The van der Waals surface area contributed by atoms with Crippen LogP contribution in [0.1, 0.15) is 19.8 Å². The number of benzene rings is 1. The lowest BCUT2D eigenvalue weighted by molar-refractivity contribution is -0.383. The normalized spacial score (nSPS) is 19.0. The number of piperidine rings is 1. The molecule has 6 heteroatoms. The second-order valence-corrected chi connectivity index (χ2v) is 4.90. The van der Waals surface area contributed by atoms with Crippen molar-refractivity contribution in [1.82, 2.24) is 4.90 Å². The third-order valence-corrected chi connectivity index (χ3v) is 3.29. The van der Waals surface area contributed by atoms with Crippen molar-refractivity contribution in [3.8, 4) is 0 Å². The number of hydrogen-bond donors (Lipinski definition) is 1. The predicted molar refractivity (Wildman–Crippen MR) is 72.1 cm³/mol. The quantitative estimate of drug-likeness (QED) is 0.658. The van der Waals surface area contributed by atoms with Crippen LogP contribution in [-0.2, 0) is 0 Å². The maximum atomic E-state index is 12.1. The van der Waals surface area contributed by atoms with Gasteiger partial charge >= 0.3 is 6.03 Å². The lowest BCUT2D eigenvalue weighted by atomic mass is 10.0. The second-order valence-electron chi connectivity index (χ2n) is 4.90. The first kappa shape index (κ1) is 13.3. The number of likely N-dealkylation sites (tertiary alicyclic amines) is 1. The SMILES string of the molecule is CC1CCCN(C(=O)Nc2ccccc2[N+](=O)[O-])C1. The van der Waals surface area contributed by atoms with Gasteiger partial charge in [0.1, 0.15) is 5.69 Å². The van der Waals surface area contributed by atoms with E-state index in [2.05, 4.69) is 12.2 Å². The number of nitro benzene ring substituents is 1. The van der Waals surface area contributed by atoms with Crippen molar-refractivity contribution in [3.05, 3.63) is 34.4 Å². The lowest BCUT2D eigenvalue weighted by Crippen LogP contribution is -2.41. The molecule has 0 spiro atoms. The van der Waals surface area contributed by atoms with E-state index in [4.69, 9.17) is 0 Å². The van der Waals surface area contributed by atoms with Gasteiger partial charge in [-0.15, -0.1) is 0 Å². The minimum absolute atomic E-state index is 0.0825. The van der Waals surface area contributed by atoms with E-state index < -0.39 is 4.92 Å². The number of amides is 2. The lowest BCUT2D eigenvalue weighted by Gasteiger charge is -2.30. The molecular weight excluding hydrogens is 246 g/mol. The van der Waals surface area contributed by atoms with Gasteiger partial charge in [-0.25, -0.2) is 4.79 Å². The Morgan fingerprint density at radius 1 is 1.47 bits per heavy atom. The first-order valence-corrected chi connectivity index (χ1v) is 6.37. The van der Waals surface area contributed by atoms with E-state index in [-0.39, 0.29) is 17.4 Å². The summed E-state index contributed by atoms with van der Waals surface area (Å²) >= 11 is 0. The van der Waals surface area contributed by atoms with Gasteiger partial charge in [0.05, 0.1) is 4.92 Å².